The first kappa shape index (κ1) is 16.7. The van der Waals surface area contributed by atoms with Crippen LogP contribution in [0.5, 0.6) is 0 Å². The van der Waals surface area contributed by atoms with Gasteiger partial charge < -0.3 is 14.7 Å². The Morgan fingerprint density at radius 3 is 2.61 bits per heavy atom. The highest BCUT2D eigenvalue weighted by Crippen LogP contribution is 2.27. The minimum Gasteiger partial charge on any atom is -0.363 e. The van der Waals surface area contributed by atoms with Crippen molar-refractivity contribution in [3.05, 3.63) is 30.0 Å². The molecule has 0 radical (unpaired) electrons. The van der Waals surface area contributed by atoms with E-state index in [0.29, 0.717) is 5.69 Å². The van der Waals surface area contributed by atoms with Crippen LogP contribution in [0.2, 0.25) is 0 Å². The van der Waals surface area contributed by atoms with Gasteiger partial charge in [-0.15, -0.1) is 0 Å². The van der Waals surface area contributed by atoms with E-state index in [9.17, 15) is 18.0 Å². The van der Waals surface area contributed by atoms with Crippen molar-refractivity contribution in [3.8, 4) is 0 Å². The van der Waals surface area contributed by atoms with Gasteiger partial charge in [0.05, 0.1) is 11.9 Å². The molecule has 0 saturated carbocycles. The molecule has 2 aromatic heterocycles. The number of nitrogens with one attached hydrogen (secondary N) is 1. The zero-order valence-corrected chi connectivity index (χ0v) is 12.4. The Morgan fingerprint density at radius 2 is 2.09 bits per heavy atom. The molecule has 2 heterocycles. The SMILES string of the molecule is CN(C)c1ccc(NC(=O)CCc2noc(C(F)(F)F)n2)cn1. The van der Waals surface area contributed by atoms with Crippen molar-refractivity contribution in [3.63, 3.8) is 0 Å². The Morgan fingerprint density at radius 1 is 1.35 bits per heavy atom. The number of carbonyl (C=O) groups excluding carboxylic acids is 1. The second-order valence-electron chi connectivity index (χ2n) is 4.86. The summed E-state index contributed by atoms with van der Waals surface area (Å²) < 4.78 is 41.0. The number of alkyl halides is 3. The van der Waals surface area contributed by atoms with Gasteiger partial charge in [0.2, 0.25) is 5.91 Å². The molecule has 0 spiro atoms. The molecule has 0 aliphatic carbocycles. The van der Waals surface area contributed by atoms with Crippen LogP contribution in [-0.2, 0) is 17.4 Å². The van der Waals surface area contributed by atoms with E-state index in [-0.39, 0.29) is 24.6 Å². The molecule has 0 saturated heterocycles. The van der Waals surface area contributed by atoms with Gasteiger partial charge >= 0.3 is 12.1 Å². The first-order valence-electron chi connectivity index (χ1n) is 6.58. The lowest BCUT2D eigenvalue weighted by atomic mass is 10.2. The smallest absolute Gasteiger partial charge is 0.363 e. The Bertz CT molecular complexity index is 667. The van der Waals surface area contributed by atoms with Gasteiger partial charge in [0, 0.05) is 26.9 Å². The first-order valence-corrected chi connectivity index (χ1v) is 6.58. The fourth-order valence-corrected chi connectivity index (χ4v) is 1.64. The summed E-state index contributed by atoms with van der Waals surface area (Å²) in [6.07, 6.45) is -3.34. The van der Waals surface area contributed by atoms with Crippen molar-refractivity contribution in [1.29, 1.82) is 0 Å². The summed E-state index contributed by atoms with van der Waals surface area (Å²) >= 11 is 0. The first-order chi connectivity index (χ1) is 10.8. The minimum absolute atomic E-state index is 0.0609. The van der Waals surface area contributed by atoms with E-state index >= 15 is 0 Å². The lowest BCUT2D eigenvalue weighted by Gasteiger charge is -2.11. The largest absolute Gasteiger partial charge is 0.471 e. The molecule has 0 aliphatic heterocycles. The Balaban J connectivity index is 1.86. The van der Waals surface area contributed by atoms with Gasteiger partial charge in [0.1, 0.15) is 5.82 Å². The molecule has 2 aromatic rings. The van der Waals surface area contributed by atoms with E-state index in [0.717, 1.165) is 5.82 Å². The van der Waals surface area contributed by atoms with Crippen LogP contribution in [0.15, 0.2) is 22.9 Å². The molecule has 0 atom stereocenters. The third-order valence-corrected chi connectivity index (χ3v) is 2.78. The van der Waals surface area contributed by atoms with Crippen molar-refractivity contribution in [1.82, 2.24) is 15.1 Å². The average Bonchev–Trinajstić information content (AvgIpc) is 2.95. The number of rotatable bonds is 5. The van der Waals surface area contributed by atoms with Gasteiger partial charge in [-0.05, 0) is 12.1 Å². The van der Waals surface area contributed by atoms with Crippen LogP contribution < -0.4 is 10.2 Å². The van der Waals surface area contributed by atoms with Gasteiger partial charge in [-0.3, -0.25) is 4.79 Å². The lowest BCUT2D eigenvalue weighted by molar-refractivity contribution is -0.159. The summed E-state index contributed by atoms with van der Waals surface area (Å²) in [5.74, 6) is -1.25. The van der Waals surface area contributed by atoms with Crippen LogP contribution >= 0.6 is 0 Å². The third kappa shape index (κ3) is 4.66. The monoisotopic (exact) mass is 329 g/mol. The lowest BCUT2D eigenvalue weighted by Crippen LogP contribution is -2.14. The number of amides is 1. The molecule has 0 fully saturated rings. The fourth-order valence-electron chi connectivity index (χ4n) is 1.64. The number of hydrogen-bond acceptors (Lipinski definition) is 6. The van der Waals surface area contributed by atoms with Crippen molar-refractivity contribution in [2.24, 2.45) is 0 Å². The molecular weight excluding hydrogens is 315 g/mol. The van der Waals surface area contributed by atoms with Crippen LogP contribution in [0.1, 0.15) is 18.1 Å². The zero-order chi connectivity index (χ0) is 17.0. The van der Waals surface area contributed by atoms with E-state index in [4.69, 9.17) is 0 Å². The molecule has 2 rings (SSSR count). The maximum absolute atomic E-state index is 12.3. The second kappa shape index (κ2) is 6.63. The number of aryl methyl sites for hydroxylation is 1. The van der Waals surface area contributed by atoms with Gasteiger partial charge in [-0.2, -0.15) is 18.2 Å². The maximum atomic E-state index is 12.3. The number of pyridine rings is 1. The number of anilines is 2. The number of carbonyl (C=O) groups is 1. The van der Waals surface area contributed by atoms with E-state index in [1.165, 1.54) is 6.20 Å². The summed E-state index contributed by atoms with van der Waals surface area (Å²) in [5.41, 5.74) is 0.490. The van der Waals surface area contributed by atoms with E-state index < -0.39 is 12.1 Å². The van der Waals surface area contributed by atoms with Crippen LogP contribution in [0.25, 0.3) is 0 Å². The number of nitrogens with zero attached hydrogens (tertiary/aromatic N) is 4. The van der Waals surface area contributed by atoms with Crippen LogP contribution in [0.4, 0.5) is 24.7 Å². The van der Waals surface area contributed by atoms with E-state index in [1.807, 2.05) is 14.1 Å². The van der Waals surface area contributed by atoms with Crippen LogP contribution in [0, 0.1) is 0 Å². The summed E-state index contributed by atoms with van der Waals surface area (Å²) in [4.78, 5) is 20.9. The number of hydrogen-bond donors (Lipinski definition) is 1. The summed E-state index contributed by atoms with van der Waals surface area (Å²) in [6.45, 7) is 0. The third-order valence-electron chi connectivity index (χ3n) is 2.78. The molecule has 0 aliphatic rings. The second-order valence-corrected chi connectivity index (χ2v) is 4.86. The maximum Gasteiger partial charge on any atom is 0.471 e. The highest BCUT2D eigenvalue weighted by molar-refractivity contribution is 5.90. The molecule has 0 unspecified atom stereocenters. The summed E-state index contributed by atoms with van der Waals surface area (Å²) in [6, 6.07) is 3.40. The quantitative estimate of drug-likeness (QED) is 0.904. The summed E-state index contributed by atoms with van der Waals surface area (Å²) in [5, 5.41) is 5.78. The zero-order valence-electron chi connectivity index (χ0n) is 12.4. The molecule has 1 N–H and O–H groups in total. The van der Waals surface area contributed by atoms with Gasteiger partial charge in [0.15, 0.2) is 5.82 Å². The van der Waals surface area contributed by atoms with Crippen molar-refractivity contribution >= 4 is 17.4 Å². The van der Waals surface area contributed by atoms with Gasteiger partial charge in [0.25, 0.3) is 0 Å². The number of halogens is 3. The Labute approximate surface area is 129 Å². The van der Waals surface area contributed by atoms with Gasteiger partial charge in [-0.1, -0.05) is 5.16 Å². The van der Waals surface area contributed by atoms with E-state index in [2.05, 4.69) is 25.0 Å². The van der Waals surface area contributed by atoms with Gasteiger partial charge in [-0.25, -0.2) is 4.98 Å². The molecule has 0 bridgehead atoms. The van der Waals surface area contributed by atoms with Crippen LogP contribution in [-0.4, -0.2) is 35.1 Å². The standard InChI is InChI=1S/C13H14F3N5O2/c1-21(2)10-5-3-8(7-17-10)18-11(22)6-4-9-19-12(23-20-9)13(14,15)16/h3,5,7H,4,6H2,1-2H3,(H,18,22). The van der Waals surface area contributed by atoms with Crippen molar-refractivity contribution < 1.29 is 22.5 Å². The molecule has 124 valence electrons. The summed E-state index contributed by atoms with van der Waals surface area (Å²) in [7, 11) is 3.67. The highest BCUT2D eigenvalue weighted by Gasteiger charge is 2.38. The number of aromatic nitrogens is 3. The molecule has 1 amide bonds. The van der Waals surface area contributed by atoms with Crippen LogP contribution in [0.3, 0.4) is 0 Å². The fraction of sp³-hybridized carbons (Fsp3) is 0.385. The normalized spacial score (nSPS) is 11.3. The Kier molecular flexibility index (Phi) is 4.82. The predicted octanol–water partition coefficient (Wildman–Crippen LogP) is 2.12. The topological polar surface area (TPSA) is 84.2 Å². The molecule has 7 nitrogen and oxygen atoms in total. The predicted molar refractivity (Wildman–Crippen MR) is 74.8 cm³/mol. The molecular formula is C13H14F3N5O2. The van der Waals surface area contributed by atoms with Crippen molar-refractivity contribution in [2.45, 2.75) is 19.0 Å². The molecule has 10 heteroatoms. The highest BCUT2D eigenvalue weighted by atomic mass is 19.4. The minimum atomic E-state index is -4.69. The van der Waals surface area contributed by atoms with Crippen molar-refractivity contribution in [2.75, 3.05) is 24.3 Å². The average molecular weight is 329 g/mol. The Hall–Kier alpha value is -2.65. The molecule has 23 heavy (non-hydrogen) atoms. The molecule has 0 aromatic carbocycles. The van der Waals surface area contributed by atoms with E-state index in [1.54, 1.807) is 17.0 Å².